The predicted octanol–water partition coefficient (Wildman–Crippen LogP) is 4.14. The zero-order valence-corrected chi connectivity index (χ0v) is 12.9. The van der Waals surface area contributed by atoms with Crippen molar-refractivity contribution in [1.82, 2.24) is 10.1 Å². The number of nitrogens with zero attached hydrogens (tertiary/aromatic N) is 2. The monoisotopic (exact) mass is 326 g/mol. The number of aliphatic hydroxyl groups excluding tert-OH is 1. The zero-order chi connectivity index (χ0) is 14.8. The van der Waals surface area contributed by atoms with E-state index >= 15 is 0 Å². The Balaban J connectivity index is 1.72. The molecule has 1 N–H and O–H groups in total. The van der Waals surface area contributed by atoms with Crippen LogP contribution in [-0.4, -0.2) is 21.4 Å². The van der Waals surface area contributed by atoms with Gasteiger partial charge in [0.25, 0.3) is 0 Å². The predicted molar refractivity (Wildman–Crippen MR) is 81.4 cm³/mol. The van der Waals surface area contributed by atoms with Gasteiger partial charge in [0, 0.05) is 5.56 Å². The Bertz CT molecular complexity index is 624. The molecule has 1 aliphatic carbocycles. The van der Waals surface area contributed by atoms with E-state index in [1.807, 2.05) is 0 Å². The van der Waals surface area contributed by atoms with Gasteiger partial charge in [0.05, 0.1) is 22.6 Å². The first-order valence-electron chi connectivity index (χ1n) is 7.09. The standard InChI is InChI=1S/C15H16Cl2N2O2/c16-11-6-5-10(7-12(11)17)15-18-14(21-19-15)8-13(20)9-3-1-2-4-9/h5-7,9,13,20H,1-4,8H2. The molecule has 0 radical (unpaired) electrons. The van der Waals surface area contributed by atoms with Gasteiger partial charge >= 0.3 is 0 Å². The molecule has 1 heterocycles. The van der Waals surface area contributed by atoms with Gasteiger partial charge in [0.2, 0.25) is 11.7 Å². The maximum Gasteiger partial charge on any atom is 0.229 e. The molecule has 112 valence electrons. The topological polar surface area (TPSA) is 59.2 Å². The van der Waals surface area contributed by atoms with E-state index in [-0.39, 0.29) is 0 Å². The molecule has 0 bridgehead atoms. The van der Waals surface area contributed by atoms with Crippen LogP contribution in [0.25, 0.3) is 11.4 Å². The van der Waals surface area contributed by atoms with Crippen LogP contribution in [0.1, 0.15) is 31.6 Å². The Hall–Kier alpha value is -1.10. The van der Waals surface area contributed by atoms with Crippen molar-refractivity contribution in [1.29, 1.82) is 0 Å². The third-order valence-electron chi connectivity index (χ3n) is 3.97. The van der Waals surface area contributed by atoms with Crippen molar-refractivity contribution in [3.8, 4) is 11.4 Å². The van der Waals surface area contributed by atoms with Crippen LogP contribution in [0.5, 0.6) is 0 Å². The van der Waals surface area contributed by atoms with Crippen molar-refractivity contribution in [2.24, 2.45) is 5.92 Å². The summed E-state index contributed by atoms with van der Waals surface area (Å²) in [5.74, 6) is 1.27. The van der Waals surface area contributed by atoms with Crippen molar-refractivity contribution in [2.45, 2.75) is 38.2 Å². The minimum atomic E-state index is -0.408. The van der Waals surface area contributed by atoms with E-state index in [0.717, 1.165) is 18.4 Å². The molecule has 0 aliphatic heterocycles. The van der Waals surface area contributed by atoms with Crippen LogP contribution < -0.4 is 0 Å². The Morgan fingerprint density at radius 1 is 1.24 bits per heavy atom. The number of aliphatic hydroxyl groups is 1. The summed E-state index contributed by atoms with van der Waals surface area (Å²) < 4.78 is 5.22. The summed E-state index contributed by atoms with van der Waals surface area (Å²) >= 11 is 11.9. The molecule has 4 nitrogen and oxygen atoms in total. The number of rotatable bonds is 4. The normalized spacial score (nSPS) is 17.3. The second-order valence-corrected chi connectivity index (χ2v) is 6.27. The summed E-state index contributed by atoms with van der Waals surface area (Å²) in [6.45, 7) is 0. The molecule has 0 spiro atoms. The fraction of sp³-hybridized carbons (Fsp3) is 0.467. The third kappa shape index (κ3) is 3.39. The Labute approximate surface area is 133 Å². The van der Waals surface area contributed by atoms with Crippen LogP contribution in [0.4, 0.5) is 0 Å². The zero-order valence-electron chi connectivity index (χ0n) is 11.4. The molecular formula is C15H16Cl2N2O2. The van der Waals surface area contributed by atoms with Gasteiger partial charge in [-0.25, -0.2) is 0 Å². The van der Waals surface area contributed by atoms with Crippen LogP contribution in [0, 0.1) is 5.92 Å². The summed E-state index contributed by atoms with van der Waals surface area (Å²) in [7, 11) is 0. The molecule has 2 aromatic rings. The lowest BCUT2D eigenvalue weighted by Crippen LogP contribution is -2.20. The first-order chi connectivity index (χ1) is 10.1. The summed E-state index contributed by atoms with van der Waals surface area (Å²) in [6.07, 6.45) is 4.54. The van der Waals surface area contributed by atoms with Gasteiger partial charge < -0.3 is 9.63 Å². The van der Waals surface area contributed by atoms with E-state index in [1.165, 1.54) is 12.8 Å². The van der Waals surface area contributed by atoms with Crippen LogP contribution in [-0.2, 0) is 6.42 Å². The molecule has 1 atom stereocenters. The highest BCUT2D eigenvalue weighted by Gasteiger charge is 2.25. The number of hydrogen-bond acceptors (Lipinski definition) is 4. The molecule has 1 saturated carbocycles. The van der Waals surface area contributed by atoms with Crippen LogP contribution in [0.2, 0.25) is 10.0 Å². The fourth-order valence-electron chi connectivity index (χ4n) is 2.78. The maximum absolute atomic E-state index is 10.2. The summed E-state index contributed by atoms with van der Waals surface area (Å²) in [4.78, 5) is 4.32. The first-order valence-corrected chi connectivity index (χ1v) is 7.85. The molecule has 21 heavy (non-hydrogen) atoms. The molecule has 0 amide bonds. The maximum atomic E-state index is 10.2. The highest BCUT2D eigenvalue weighted by molar-refractivity contribution is 6.42. The Kier molecular flexibility index (Phi) is 4.48. The lowest BCUT2D eigenvalue weighted by Gasteiger charge is -2.14. The molecule has 6 heteroatoms. The lowest BCUT2D eigenvalue weighted by molar-refractivity contribution is 0.102. The molecule has 0 saturated heterocycles. The largest absolute Gasteiger partial charge is 0.392 e. The van der Waals surface area contributed by atoms with E-state index in [0.29, 0.717) is 34.1 Å². The highest BCUT2D eigenvalue weighted by atomic mass is 35.5. The van der Waals surface area contributed by atoms with Crippen LogP contribution >= 0.6 is 23.2 Å². The van der Waals surface area contributed by atoms with Crippen molar-refractivity contribution in [3.63, 3.8) is 0 Å². The molecule has 1 fully saturated rings. The minimum Gasteiger partial charge on any atom is -0.392 e. The van der Waals surface area contributed by atoms with Crippen LogP contribution in [0.3, 0.4) is 0 Å². The first kappa shape index (κ1) is 14.8. The number of aromatic nitrogens is 2. The van der Waals surface area contributed by atoms with Gasteiger partial charge in [0.1, 0.15) is 0 Å². The van der Waals surface area contributed by atoms with E-state index in [9.17, 15) is 5.11 Å². The van der Waals surface area contributed by atoms with Gasteiger partial charge in [-0.15, -0.1) is 0 Å². The van der Waals surface area contributed by atoms with Crippen molar-refractivity contribution in [3.05, 3.63) is 34.1 Å². The molecular weight excluding hydrogens is 311 g/mol. The van der Waals surface area contributed by atoms with E-state index < -0.39 is 6.10 Å². The molecule has 1 aromatic heterocycles. The quantitative estimate of drug-likeness (QED) is 0.917. The third-order valence-corrected chi connectivity index (χ3v) is 4.71. The lowest BCUT2D eigenvalue weighted by atomic mass is 9.98. The van der Waals surface area contributed by atoms with Crippen molar-refractivity contribution in [2.75, 3.05) is 0 Å². The summed E-state index contributed by atoms with van der Waals surface area (Å²) in [5, 5.41) is 15.1. The minimum absolute atomic E-state index is 0.352. The van der Waals surface area contributed by atoms with Crippen LogP contribution in [0.15, 0.2) is 22.7 Å². The summed E-state index contributed by atoms with van der Waals surface area (Å²) in [6, 6.07) is 5.19. The summed E-state index contributed by atoms with van der Waals surface area (Å²) in [5.41, 5.74) is 0.745. The SMILES string of the molecule is OC(Cc1nc(-c2ccc(Cl)c(Cl)c2)no1)C1CCCC1. The van der Waals surface area contributed by atoms with Gasteiger partial charge in [-0.1, -0.05) is 41.2 Å². The average molecular weight is 327 g/mol. The number of hydrogen-bond donors (Lipinski definition) is 1. The smallest absolute Gasteiger partial charge is 0.229 e. The Morgan fingerprint density at radius 3 is 2.71 bits per heavy atom. The molecule has 1 aromatic carbocycles. The van der Waals surface area contributed by atoms with Gasteiger partial charge in [-0.3, -0.25) is 0 Å². The highest BCUT2D eigenvalue weighted by Crippen LogP contribution is 2.30. The number of halogens is 2. The van der Waals surface area contributed by atoms with Gasteiger partial charge in [-0.2, -0.15) is 4.98 Å². The molecule has 1 aliphatic rings. The molecule has 1 unspecified atom stereocenters. The van der Waals surface area contributed by atoms with Gasteiger partial charge in [-0.05, 0) is 37.0 Å². The van der Waals surface area contributed by atoms with Crippen molar-refractivity contribution >= 4 is 23.2 Å². The molecule has 3 rings (SSSR count). The van der Waals surface area contributed by atoms with E-state index in [2.05, 4.69) is 10.1 Å². The number of benzene rings is 1. The van der Waals surface area contributed by atoms with E-state index in [1.54, 1.807) is 18.2 Å². The fourth-order valence-corrected chi connectivity index (χ4v) is 3.08. The van der Waals surface area contributed by atoms with Crippen molar-refractivity contribution < 1.29 is 9.63 Å². The second-order valence-electron chi connectivity index (χ2n) is 5.46. The second kappa shape index (κ2) is 6.34. The van der Waals surface area contributed by atoms with Gasteiger partial charge in [0.15, 0.2) is 0 Å². The Morgan fingerprint density at radius 2 is 2.00 bits per heavy atom. The van der Waals surface area contributed by atoms with E-state index in [4.69, 9.17) is 27.7 Å². The average Bonchev–Trinajstić information content (AvgIpc) is 3.12.